The van der Waals surface area contributed by atoms with Crippen LogP contribution in [-0.4, -0.2) is 82.8 Å². The highest BCUT2D eigenvalue weighted by atomic mass is 28.1. The molecule has 1 aliphatic carbocycles. The highest BCUT2D eigenvalue weighted by Crippen LogP contribution is 2.33. The number of carbonyl (C=O) groups is 2. The number of allylic oxidation sites excluding steroid dienone is 1. The van der Waals surface area contributed by atoms with E-state index in [0.717, 1.165) is 39.3 Å². The summed E-state index contributed by atoms with van der Waals surface area (Å²) in [5, 5.41) is 0. The van der Waals surface area contributed by atoms with Crippen molar-refractivity contribution < 1.29 is 9.59 Å². The average Bonchev–Trinajstić information content (AvgIpc) is 3.36. The Morgan fingerprint density at radius 1 is 0.857 bits per heavy atom. The summed E-state index contributed by atoms with van der Waals surface area (Å²) in [4.78, 5) is 30.5. The molecule has 116 valence electrons. The molecule has 4 aliphatic rings. The number of nitrogens with two attached hydrogens (primary N) is 1. The molecule has 6 nitrogen and oxygen atoms in total. The number of hydrogen-bond acceptors (Lipinski definition) is 6. The van der Waals surface area contributed by atoms with Crippen molar-refractivity contribution in [1.82, 2.24) is 14.7 Å². The standard InChI is InChI=1S/C12H13N3O2.CH5N.CH6Si/c16-9-7-8(13-1-2-13)12(17)11(15-5-6-15)10(9)14-3-4-14;2*1-2/h7H,1-6H2;2H2,1H3;1-2H3. The molecule has 0 aromatic heterocycles. The molecule has 0 spiro atoms. The molecule has 4 rings (SSSR count). The second kappa shape index (κ2) is 6.44. The molecule has 21 heavy (non-hydrogen) atoms. The lowest BCUT2D eigenvalue weighted by molar-refractivity contribution is -0.117. The number of carbonyl (C=O) groups excluding carboxylic acids is 2. The first-order chi connectivity index (χ1) is 10.3. The quantitative estimate of drug-likeness (QED) is 0.375. The molecule has 0 saturated carbocycles. The van der Waals surface area contributed by atoms with Crippen LogP contribution in [0.5, 0.6) is 0 Å². The Morgan fingerprint density at radius 2 is 1.29 bits per heavy atom. The summed E-state index contributed by atoms with van der Waals surface area (Å²) in [6.07, 6.45) is 1.52. The zero-order valence-electron chi connectivity index (χ0n) is 13.1. The first-order valence-electron chi connectivity index (χ1n) is 7.63. The zero-order valence-corrected chi connectivity index (χ0v) is 15.1. The van der Waals surface area contributed by atoms with Gasteiger partial charge >= 0.3 is 0 Å². The lowest BCUT2D eigenvalue weighted by Crippen LogP contribution is -2.29. The Morgan fingerprint density at radius 3 is 1.71 bits per heavy atom. The molecule has 0 unspecified atom stereocenters. The summed E-state index contributed by atoms with van der Waals surface area (Å²) >= 11 is 0. The Balaban J connectivity index is 0.000000374. The summed E-state index contributed by atoms with van der Waals surface area (Å²) in [6, 6.07) is 0. The van der Waals surface area contributed by atoms with Crippen LogP contribution in [0.4, 0.5) is 0 Å². The van der Waals surface area contributed by atoms with Gasteiger partial charge in [-0.25, -0.2) is 0 Å². The molecule has 0 radical (unpaired) electrons. The van der Waals surface area contributed by atoms with Crippen LogP contribution in [0, 0.1) is 0 Å². The van der Waals surface area contributed by atoms with Crippen molar-refractivity contribution in [3.63, 3.8) is 0 Å². The Bertz CT molecular complexity index is 503. The number of rotatable bonds is 3. The second-order valence-electron chi connectivity index (χ2n) is 4.88. The maximum absolute atomic E-state index is 12.4. The van der Waals surface area contributed by atoms with E-state index in [9.17, 15) is 9.59 Å². The third kappa shape index (κ3) is 3.19. The van der Waals surface area contributed by atoms with Crippen LogP contribution in [0.2, 0.25) is 6.55 Å². The molecule has 0 amide bonds. The monoisotopic (exact) mass is 308 g/mol. The topological polar surface area (TPSA) is 69.2 Å². The molecule has 3 heterocycles. The van der Waals surface area contributed by atoms with E-state index in [4.69, 9.17) is 0 Å². The van der Waals surface area contributed by atoms with E-state index in [0.29, 0.717) is 17.1 Å². The Hall–Kier alpha value is -1.60. The van der Waals surface area contributed by atoms with E-state index in [1.54, 1.807) is 0 Å². The highest BCUT2D eigenvalue weighted by molar-refractivity contribution is 6.22. The van der Waals surface area contributed by atoms with Crippen molar-refractivity contribution in [3.8, 4) is 0 Å². The SMILES string of the molecule is CN.C[SiH3].O=C1C=C(N2CC2)C(=O)C(N2CC2)=C1N1CC1. The average molecular weight is 308 g/mol. The minimum absolute atomic E-state index is 0.00546. The normalized spacial score (nSPS) is 22.2. The summed E-state index contributed by atoms with van der Waals surface area (Å²) in [7, 11) is 2.81. The van der Waals surface area contributed by atoms with E-state index in [1.807, 2.05) is 14.7 Å². The smallest absolute Gasteiger partial charge is 0.227 e. The molecular formula is C14H24N4O2Si. The van der Waals surface area contributed by atoms with Crippen LogP contribution in [0.1, 0.15) is 0 Å². The molecule has 2 N–H and O–H groups in total. The van der Waals surface area contributed by atoms with Gasteiger partial charge in [-0.1, -0.05) is 6.55 Å². The lowest BCUT2D eigenvalue weighted by atomic mass is 10.0. The van der Waals surface area contributed by atoms with Gasteiger partial charge in [0.25, 0.3) is 0 Å². The maximum Gasteiger partial charge on any atom is 0.227 e. The number of ketones is 2. The number of nitrogens with zero attached hydrogens (tertiary/aromatic N) is 3. The van der Waals surface area contributed by atoms with Crippen molar-refractivity contribution in [1.29, 1.82) is 0 Å². The first kappa shape index (κ1) is 15.8. The van der Waals surface area contributed by atoms with Gasteiger partial charge in [0, 0.05) is 45.3 Å². The fourth-order valence-corrected chi connectivity index (χ4v) is 2.28. The predicted octanol–water partition coefficient (Wildman–Crippen LogP) is -1.84. The molecule has 3 aliphatic heterocycles. The Labute approximate surface area is 128 Å². The summed E-state index contributed by atoms with van der Waals surface area (Å²) in [5.41, 5.74) is 6.39. The molecule has 0 bridgehead atoms. The van der Waals surface area contributed by atoms with Crippen molar-refractivity contribution in [2.24, 2.45) is 5.73 Å². The summed E-state index contributed by atoms with van der Waals surface area (Å²) < 4.78 is 0. The third-order valence-electron chi connectivity index (χ3n) is 3.49. The number of Topliss-reactive ketones (excluding diaryl/α,β-unsaturated/α-hetero) is 1. The van der Waals surface area contributed by atoms with Gasteiger partial charge in [-0.2, -0.15) is 0 Å². The fraction of sp³-hybridized carbons (Fsp3) is 0.571. The van der Waals surface area contributed by atoms with Crippen molar-refractivity contribution in [3.05, 3.63) is 23.2 Å². The molecule has 0 aromatic rings. The molecule has 0 atom stereocenters. The molecule has 0 aromatic carbocycles. The fourth-order valence-electron chi connectivity index (χ4n) is 2.28. The maximum atomic E-state index is 12.4. The summed E-state index contributed by atoms with van der Waals surface area (Å²) in [5.74, 6) is 0.0485. The van der Waals surface area contributed by atoms with Crippen LogP contribution >= 0.6 is 0 Å². The highest BCUT2D eigenvalue weighted by Gasteiger charge is 2.43. The molecular weight excluding hydrogens is 284 g/mol. The van der Waals surface area contributed by atoms with Crippen LogP contribution in [0.15, 0.2) is 23.2 Å². The van der Waals surface area contributed by atoms with Crippen molar-refractivity contribution >= 4 is 21.8 Å². The minimum Gasteiger partial charge on any atom is -0.365 e. The van der Waals surface area contributed by atoms with E-state index in [-0.39, 0.29) is 11.6 Å². The van der Waals surface area contributed by atoms with Crippen LogP contribution < -0.4 is 5.73 Å². The van der Waals surface area contributed by atoms with Gasteiger partial charge in [0.1, 0.15) is 11.4 Å². The van der Waals surface area contributed by atoms with E-state index < -0.39 is 0 Å². The summed E-state index contributed by atoms with van der Waals surface area (Å²) in [6.45, 7) is 7.55. The van der Waals surface area contributed by atoms with Gasteiger partial charge in [0.2, 0.25) is 11.6 Å². The second-order valence-corrected chi connectivity index (χ2v) is 4.88. The van der Waals surface area contributed by atoms with Gasteiger partial charge in [-0.05, 0) is 17.3 Å². The van der Waals surface area contributed by atoms with Crippen LogP contribution in [0.3, 0.4) is 0 Å². The van der Waals surface area contributed by atoms with Crippen molar-refractivity contribution in [2.75, 3.05) is 46.3 Å². The third-order valence-corrected chi connectivity index (χ3v) is 3.49. The van der Waals surface area contributed by atoms with Gasteiger partial charge in [-0.15, -0.1) is 0 Å². The van der Waals surface area contributed by atoms with E-state index >= 15 is 0 Å². The van der Waals surface area contributed by atoms with E-state index in [1.165, 1.54) is 23.4 Å². The molecule has 3 fully saturated rings. The first-order valence-corrected chi connectivity index (χ1v) is 9.63. The van der Waals surface area contributed by atoms with Gasteiger partial charge in [-0.3, -0.25) is 9.59 Å². The molecule has 3 saturated heterocycles. The molecule has 7 heteroatoms. The van der Waals surface area contributed by atoms with Crippen molar-refractivity contribution in [2.45, 2.75) is 6.55 Å². The van der Waals surface area contributed by atoms with Crippen LogP contribution in [-0.2, 0) is 9.59 Å². The largest absolute Gasteiger partial charge is 0.365 e. The van der Waals surface area contributed by atoms with Gasteiger partial charge in [0.15, 0.2) is 0 Å². The minimum atomic E-state index is 0.00546. The van der Waals surface area contributed by atoms with Crippen LogP contribution in [0.25, 0.3) is 0 Å². The zero-order chi connectivity index (χ0) is 15.6. The predicted molar refractivity (Wildman–Crippen MR) is 85.8 cm³/mol. The number of hydrogen-bond donors (Lipinski definition) is 1. The Kier molecular flexibility index (Phi) is 4.84. The van der Waals surface area contributed by atoms with E-state index in [2.05, 4.69) is 12.3 Å². The van der Waals surface area contributed by atoms with Gasteiger partial charge in [0.05, 0.1) is 5.70 Å². The van der Waals surface area contributed by atoms with Gasteiger partial charge < -0.3 is 20.4 Å². The lowest BCUT2D eigenvalue weighted by Gasteiger charge is -2.21.